The Hall–Kier alpha value is -2.55. The van der Waals surface area contributed by atoms with Crippen LogP contribution < -0.4 is 10.6 Å². The van der Waals surface area contributed by atoms with Gasteiger partial charge in [0.05, 0.1) is 25.0 Å². The van der Waals surface area contributed by atoms with Crippen molar-refractivity contribution in [2.75, 3.05) is 25.6 Å². The highest BCUT2D eigenvalue weighted by molar-refractivity contribution is 5.99. The van der Waals surface area contributed by atoms with Crippen LogP contribution in [-0.2, 0) is 16.5 Å². The minimum Gasteiger partial charge on any atom is -0.376 e. The van der Waals surface area contributed by atoms with E-state index in [0.717, 1.165) is 12.1 Å². The summed E-state index contributed by atoms with van der Waals surface area (Å²) in [6.07, 6.45) is -3.02. The number of ether oxygens (including phenoxy) is 1. The first kappa shape index (κ1) is 16.3. The van der Waals surface area contributed by atoms with Gasteiger partial charge in [0.15, 0.2) is 0 Å². The SMILES string of the molecule is CNc1[nH]ncc1C(=O)NC1(c2ccc(C(F)(F)F)cc2)COC1. The number of benzene rings is 1. The molecular weight excluding hydrogens is 325 g/mol. The predicted molar refractivity (Wildman–Crippen MR) is 79.5 cm³/mol. The van der Waals surface area contributed by atoms with Crippen LogP contribution in [0.2, 0.25) is 0 Å². The number of aromatic nitrogens is 2. The van der Waals surface area contributed by atoms with E-state index in [4.69, 9.17) is 4.74 Å². The molecule has 9 heteroatoms. The molecular formula is C15H15F3N4O2. The van der Waals surface area contributed by atoms with Gasteiger partial charge >= 0.3 is 6.18 Å². The maximum Gasteiger partial charge on any atom is 0.416 e. The number of carbonyl (C=O) groups excluding carboxylic acids is 1. The number of halogens is 3. The first-order valence-electron chi connectivity index (χ1n) is 7.15. The minimum absolute atomic E-state index is 0.191. The second-order valence-corrected chi connectivity index (χ2v) is 5.51. The topological polar surface area (TPSA) is 79.0 Å². The van der Waals surface area contributed by atoms with E-state index < -0.39 is 23.2 Å². The van der Waals surface area contributed by atoms with E-state index in [1.165, 1.54) is 18.3 Å². The lowest BCUT2D eigenvalue weighted by Gasteiger charge is -2.42. The van der Waals surface area contributed by atoms with Crippen LogP contribution in [0.1, 0.15) is 21.5 Å². The Morgan fingerprint density at radius 1 is 1.29 bits per heavy atom. The maximum absolute atomic E-state index is 12.7. The molecule has 0 radical (unpaired) electrons. The summed E-state index contributed by atoms with van der Waals surface area (Å²) in [5, 5.41) is 12.1. The molecule has 0 spiro atoms. The standard InChI is InChI=1S/C15H15F3N4O2/c1-19-12-11(6-20-22-12)13(23)21-14(7-24-8-14)9-2-4-10(5-3-9)15(16,17)18/h2-6H,7-8H2,1H3,(H,21,23)(H2,19,20,22). The summed E-state index contributed by atoms with van der Waals surface area (Å²) in [7, 11) is 1.64. The van der Waals surface area contributed by atoms with Crippen molar-refractivity contribution < 1.29 is 22.7 Å². The van der Waals surface area contributed by atoms with Crippen molar-refractivity contribution in [1.82, 2.24) is 15.5 Å². The van der Waals surface area contributed by atoms with Crippen molar-refractivity contribution in [2.45, 2.75) is 11.7 Å². The molecule has 1 amide bonds. The lowest BCUT2D eigenvalue weighted by Crippen LogP contribution is -2.59. The number of hydrogen-bond donors (Lipinski definition) is 3. The molecule has 0 aliphatic carbocycles. The quantitative estimate of drug-likeness (QED) is 0.797. The lowest BCUT2D eigenvalue weighted by molar-refractivity contribution is -0.137. The summed E-state index contributed by atoms with van der Waals surface area (Å²) in [6, 6.07) is 4.72. The van der Waals surface area contributed by atoms with Crippen molar-refractivity contribution in [2.24, 2.45) is 0 Å². The first-order valence-corrected chi connectivity index (χ1v) is 7.15. The predicted octanol–water partition coefficient (Wildman–Crippen LogP) is 2.13. The molecule has 0 unspecified atom stereocenters. The van der Waals surface area contributed by atoms with Crippen molar-refractivity contribution in [3.8, 4) is 0 Å². The van der Waals surface area contributed by atoms with E-state index >= 15 is 0 Å². The number of carbonyl (C=O) groups is 1. The second kappa shape index (κ2) is 5.82. The first-order chi connectivity index (χ1) is 11.4. The van der Waals surface area contributed by atoms with Crippen LogP contribution in [0.4, 0.5) is 19.0 Å². The van der Waals surface area contributed by atoms with E-state index in [-0.39, 0.29) is 13.2 Å². The van der Waals surface area contributed by atoms with Crippen LogP contribution in [0, 0.1) is 0 Å². The largest absolute Gasteiger partial charge is 0.416 e. The fraction of sp³-hybridized carbons (Fsp3) is 0.333. The molecule has 1 aromatic carbocycles. The van der Waals surface area contributed by atoms with Gasteiger partial charge in [0.2, 0.25) is 0 Å². The van der Waals surface area contributed by atoms with Crippen molar-refractivity contribution in [1.29, 1.82) is 0 Å². The molecule has 6 nitrogen and oxygen atoms in total. The minimum atomic E-state index is -4.40. The average molecular weight is 340 g/mol. The van der Waals surface area contributed by atoms with Gasteiger partial charge in [-0.1, -0.05) is 12.1 Å². The molecule has 0 atom stereocenters. The number of H-pyrrole nitrogens is 1. The molecule has 1 fully saturated rings. The highest BCUT2D eigenvalue weighted by Gasteiger charge is 2.43. The Bertz CT molecular complexity index is 736. The number of alkyl halides is 3. The molecule has 3 rings (SSSR count). The zero-order chi connectivity index (χ0) is 17.4. The number of hydrogen-bond acceptors (Lipinski definition) is 4. The molecule has 0 saturated carbocycles. The fourth-order valence-corrected chi connectivity index (χ4v) is 2.53. The Balaban J connectivity index is 1.83. The van der Waals surface area contributed by atoms with Gasteiger partial charge in [0.25, 0.3) is 5.91 Å². The molecule has 2 aromatic rings. The third-order valence-electron chi connectivity index (χ3n) is 3.95. The summed E-state index contributed by atoms with van der Waals surface area (Å²) in [5.74, 6) is 0.0617. The molecule has 2 heterocycles. The van der Waals surface area contributed by atoms with Gasteiger partial charge in [0, 0.05) is 7.05 Å². The highest BCUT2D eigenvalue weighted by atomic mass is 19.4. The maximum atomic E-state index is 12.7. The molecule has 3 N–H and O–H groups in total. The van der Waals surface area contributed by atoms with Gasteiger partial charge in [-0.2, -0.15) is 18.3 Å². The van der Waals surface area contributed by atoms with E-state index in [9.17, 15) is 18.0 Å². The number of rotatable bonds is 4. The van der Waals surface area contributed by atoms with Crippen LogP contribution in [0.15, 0.2) is 30.5 Å². The molecule has 1 aliphatic rings. The molecule has 24 heavy (non-hydrogen) atoms. The molecule has 1 aliphatic heterocycles. The Morgan fingerprint density at radius 3 is 2.46 bits per heavy atom. The van der Waals surface area contributed by atoms with Gasteiger partial charge in [-0.25, -0.2) is 0 Å². The molecule has 0 bridgehead atoms. The van der Waals surface area contributed by atoms with Crippen LogP contribution >= 0.6 is 0 Å². The zero-order valence-corrected chi connectivity index (χ0v) is 12.7. The summed E-state index contributed by atoms with van der Waals surface area (Å²) >= 11 is 0. The van der Waals surface area contributed by atoms with E-state index in [1.54, 1.807) is 7.05 Å². The third-order valence-corrected chi connectivity index (χ3v) is 3.95. The monoisotopic (exact) mass is 340 g/mol. The van der Waals surface area contributed by atoms with Gasteiger partial charge in [-0.3, -0.25) is 9.89 Å². The number of amides is 1. The van der Waals surface area contributed by atoms with Crippen molar-refractivity contribution in [3.63, 3.8) is 0 Å². The Kier molecular flexibility index (Phi) is 3.96. The van der Waals surface area contributed by atoms with E-state index in [1.807, 2.05) is 0 Å². The molecule has 1 aromatic heterocycles. The summed E-state index contributed by atoms with van der Waals surface area (Å²) in [4.78, 5) is 12.4. The van der Waals surface area contributed by atoms with Gasteiger partial charge in [0.1, 0.15) is 16.9 Å². The van der Waals surface area contributed by atoms with Crippen LogP contribution in [0.5, 0.6) is 0 Å². The fourth-order valence-electron chi connectivity index (χ4n) is 2.53. The number of nitrogens with zero attached hydrogens (tertiary/aromatic N) is 1. The molecule has 128 valence electrons. The zero-order valence-electron chi connectivity index (χ0n) is 12.7. The Morgan fingerprint density at radius 2 is 1.96 bits per heavy atom. The highest BCUT2D eigenvalue weighted by Crippen LogP contribution is 2.34. The number of aromatic amines is 1. The third kappa shape index (κ3) is 2.82. The summed E-state index contributed by atoms with van der Waals surface area (Å²) < 4.78 is 43.2. The van der Waals surface area contributed by atoms with Gasteiger partial charge in [-0.05, 0) is 17.7 Å². The van der Waals surface area contributed by atoms with Gasteiger partial charge in [-0.15, -0.1) is 0 Å². The Labute approximate surface area is 135 Å². The van der Waals surface area contributed by atoms with E-state index in [0.29, 0.717) is 16.9 Å². The van der Waals surface area contributed by atoms with Crippen LogP contribution in [-0.4, -0.2) is 36.4 Å². The average Bonchev–Trinajstić information content (AvgIpc) is 2.98. The summed E-state index contributed by atoms with van der Waals surface area (Å²) in [5.41, 5.74) is -0.704. The molecule has 1 saturated heterocycles. The van der Waals surface area contributed by atoms with Gasteiger partial charge < -0.3 is 15.4 Å². The normalized spacial score (nSPS) is 16.3. The number of anilines is 1. The van der Waals surface area contributed by atoms with E-state index in [2.05, 4.69) is 20.8 Å². The lowest BCUT2D eigenvalue weighted by atomic mass is 9.87. The number of nitrogens with one attached hydrogen (secondary N) is 3. The van der Waals surface area contributed by atoms with Crippen molar-refractivity contribution >= 4 is 11.7 Å². The van der Waals surface area contributed by atoms with Crippen molar-refractivity contribution in [3.05, 3.63) is 47.2 Å². The second-order valence-electron chi connectivity index (χ2n) is 5.51. The van der Waals surface area contributed by atoms with Crippen LogP contribution in [0.25, 0.3) is 0 Å². The summed E-state index contributed by atoms with van der Waals surface area (Å²) in [6.45, 7) is 0.383. The van der Waals surface area contributed by atoms with Crippen LogP contribution in [0.3, 0.4) is 0 Å². The smallest absolute Gasteiger partial charge is 0.376 e.